The highest BCUT2D eigenvalue weighted by molar-refractivity contribution is 7.11. The van der Waals surface area contributed by atoms with E-state index in [-0.39, 0.29) is 5.91 Å². The van der Waals surface area contributed by atoms with Crippen LogP contribution in [0.3, 0.4) is 0 Å². The third-order valence-electron chi connectivity index (χ3n) is 3.03. The summed E-state index contributed by atoms with van der Waals surface area (Å²) in [5.41, 5.74) is 4.51. The van der Waals surface area contributed by atoms with Crippen molar-refractivity contribution < 1.29 is 4.79 Å². The second kappa shape index (κ2) is 6.32. The van der Waals surface area contributed by atoms with Gasteiger partial charge in [0.15, 0.2) is 0 Å². The second-order valence-corrected chi connectivity index (χ2v) is 5.46. The molecule has 0 atom stereocenters. The zero-order chi connectivity index (χ0) is 14.5. The number of para-hydroxylation sites is 2. The zero-order valence-electron chi connectivity index (χ0n) is 11.3. The summed E-state index contributed by atoms with van der Waals surface area (Å²) < 4.78 is 1.97. The van der Waals surface area contributed by atoms with Crippen LogP contribution < -0.4 is 5.43 Å². The molecule has 0 aliphatic rings. The third-order valence-corrected chi connectivity index (χ3v) is 3.84. The molecule has 0 radical (unpaired) electrons. The van der Waals surface area contributed by atoms with Gasteiger partial charge in [-0.25, -0.2) is 10.4 Å². The van der Waals surface area contributed by atoms with Gasteiger partial charge < -0.3 is 4.57 Å². The van der Waals surface area contributed by atoms with Gasteiger partial charge in [-0.1, -0.05) is 18.2 Å². The quantitative estimate of drug-likeness (QED) is 0.581. The van der Waals surface area contributed by atoms with E-state index in [1.54, 1.807) is 23.9 Å². The number of thiophene rings is 1. The summed E-state index contributed by atoms with van der Waals surface area (Å²) in [6, 6.07) is 11.7. The molecule has 0 saturated carbocycles. The predicted molar refractivity (Wildman–Crippen MR) is 84.4 cm³/mol. The van der Waals surface area contributed by atoms with Crippen molar-refractivity contribution in [3.05, 3.63) is 53.0 Å². The van der Waals surface area contributed by atoms with Gasteiger partial charge in [-0.2, -0.15) is 5.10 Å². The molecule has 1 N–H and O–H groups in total. The lowest BCUT2D eigenvalue weighted by Gasteiger charge is -2.03. The Morgan fingerprint density at radius 3 is 3.10 bits per heavy atom. The van der Waals surface area contributed by atoms with Crippen LogP contribution in [-0.2, 0) is 11.3 Å². The Hall–Kier alpha value is -2.47. The van der Waals surface area contributed by atoms with E-state index in [9.17, 15) is 4.79 Å². The van der Waals surface area contributed by atoms with Crippen LogP contribution >= 0.6 is 11.3 Å². The van der Waals surface area contributed by atoms with Gasteiger partial charge in [-0.3, -0.25) is 4.79 Å². The van der Waals surface area contributed by atoms with E-state index in [4.69, 9.17) is 0 Å². The fourth-order valence-electron chi connectivity index (χ4n) is 2.00. The Morgan fingerprint density at radius 1 is 1.33 bits per heavy atom. The zero-order valence-corrected chi connectivity index (χ0v) is 12.1. The Labute approximate surface area is 125 Å². The largest absolute Gasteiger partial charge is 0.330 e. The summed E-state index contributed by atoms with van der Waals surface area (Å²) in [6.07, 6.45) is 3.77. The van der Waals surface area contributed by atoms with Crippen LogP contribution in [0.1, 0.15) is 11.3 Å². The standard InChI is InChI=1S/C15H14N4OS/c20-15(18-17-10-12-4-3-9-21-12)7-8-19-11-16-13-5-1-2-6-14(13)19/h1-6,9-11H,7-8H2,(H,18,20)/b17-10+. The molecule has 2 aromatic heterocycles. The molecule has 0 aliphatic heterocycles. The molecule has 2 heterocycles. The Bertz CT molecular complexity index is 761. The number of benzene rings is 1. The van der Waals surface area contributed by atoms with Crippen LogP contribution in [0.4, 0.5) is 0 Å². The Kier molecular flexibility index (Phi) is 4.07. The van der Waals surface area contributed by atoms with E-state index < -0.39 is 0 Å². The maximum atomic E-state index is 11.7. The number of aromatic nitrogens is 2. The number of nitrogens with one attached hydrogen (secondary N) is 1. The predicted octanol–water partition coefficient (Wildman–Crippen LogP) is 2.64. The second-order valence-electron chi connectivity index (χ2n) is 4.49. The molecule has 0 aliphatic carbocycles. The Balaban J connectivity index is 1.54. The molecule has 0 unspecified atom stereocenters. The molecule has 0 saturated heterocycles. The van der Waals surface area contributed by atoms with Gasteiger partial charge >= 0.3 is 0 Å². The lowest BCUT2D eigenvalue weighted by molar-refractivity contribution is -0.121. The number of aryl methyl sites for hydroxylation is 1. The van der Waals surface area contributed by atoms with Gasteiger partial charge in [0.25, 0.3) is 0 Å². The van der Waals surface area contributed by atoms with Crippen molar-refractivity contribution >= 4 is 34.5 Å². The number of imidazole rings is 1. The van der Waals surface area contributed by atoms with E-state index in [2.05, 4.69) is 15.5 Å². The maximum absolute atomic E-state index is 11.7. The minimum absolute atomic E-state index is 0.111. The number of hydrogen-bond donors (Lipinski definition) is 1. The van der Waals surface area contributed by atoms with Gasteiger partial charge in [-0.05, 0) is 23.6 Å². The summed E-state index contributed by atoms with van der Waals surface area (Å²) >= 11 is 1.57. The minimum atomic E-state index is -0.111. The first-order valence-corrected chi connectivity index (χ1v) is 7.46. The molecule has 5 nitrogen and oxygen atoms in total. The minimum Gasteiger partial charge on any atom is -0.330 e. The molecule has 21 heavy (non-hydrogen) atoms. The molecular formula is C15H14N4OS. The van der Waals surface area contributed by atoms with Crippen molar-refractivity contribution in [2.75, 3.05) is 0 Å². The highest BCUT2D eigenvalue weighted by Gasteiger charge is 2.04. The number of nitrogens with zero attached hydrogens (tertiary/aromatic N) is 3. The molecule has 6 heteroatoms. The van der Waals surface area contributed by atoms with Crippen molar-refractivity contribution in [3.63, 3.8) is 0 Å². The van der Waals surface area contributed by atoms with Crippen LogP contribution in [0, 0.1) is 0 Å². The molecule has 0 fully saturated rings. The molecule has 0 bridgehead atoms. The van der Waals surface area contributed by atoms with E-state index in [1.165, 1.54) is 0 Å². The number of amides is 1. The molecule has 0 spiro atoms. The SMILES string of the molecule is O=C(CCn1cnc2ccccc21)N/N=C/c1cccs1. The molecule has 1 aromatic carbocycles. The summed E-state index contributed by atoms with van der Waals surface area (Å²) in [5, 5.41) is 5.90. The normalized spacial score (nSPS) is 11.2. The fraction of sp³-hybridized carbons (Fsp3) is 0.133. The topological polar surface area (TPSA) is 59.3 Å². The van der Waals surface area contributed by atoms with Crippen LogP contribution in [0.5, 0.6) is 0 Å². The van der Waals surface area contributed by atoms with Crippen LogP contribution in [0.2, 0.25) is 0 Å². The highest BCUT2D eigenvalue weighted by atomic mass is 32.1. The van der Waals surface area contributed by atoms with Gasteiger partial charge in [0.2, 0.25) is 5.91 Å². The molecular weight excluding hydrogens is 284 g/mol. The lowest BCUT2D eigenvalue weighted by Crippen LogP contribution is -2.19. The van der Waals surface area contributed by atoms with Crippen LogP contribution in [-0.4, -0.2) is 21.7 Å². The van der Waals surface area contributed by atoms with E-state index in [0.717, 1.165) is 15.9 Å². The van der Waals surface area contributed by atoms with Gasteiger partial charge in [0, 0.05) is 17.8 Å². The van der Waals surface area contributed by atoms with Crippen molar-refractivity contribution in [1.82, 2.24) is 15.0 Å². The van der Waals surface area contributed by atoms with Crippen LogP contribution in [0.25, 0.3) is 11.0 Å². The highest BCUT2D eigenvalue weighted by Crippen LogP contribution is 2.12. The molecule has 1 amide bonds. The summed E-state index contributed by atoms with van der Waals surface area (Å²) in [5.74, 6) is -0.111. The average molecular weight is 298 g/mol. The van der Waals surface area contributed by atoms with Gasteiger partial charge in [0.05, 0.1) is 23.6 Å². The first kappa shape index (κ1) is 13.5. The first-order chi connectivity index (χ1) is 10.3. The third kappa shape index (κ3) is 3.35. The first-order valence-electron chi connectivity index (χ1n) is 6.58. The number of hydrazone groups is 1. The Morgan fingerprint density at radius 2 is 2.24 bits per heavy atom. The number of hydrogen-bond acceptors (Lipinski definition) is 4. The molecule has 3 aromatic rings. The number of carbonyl (C=O) groups is 1. The molecule has 3 rings (SSSR count). The van der Waals surface area contributed by atoms with Crippen molar-refractivity contribution in [2.45, 2.75) is 13.0 Å². The molecule has 106 valence electrons. The van der Waals surface area contributed by atoms with Gasteiger partial charge in [-0.15, -0.1) is 11.3 Å². The number of fused-ring (bicyclic) bond motifs is 1. The number of carbonyl (C=O) groups excluding carboxylic acids is 1. The smallest absolute Gasteiger partial charge is 0.241 e. The summed E-state index contributed by atoms with van der Waals surface area (Å²) in [6.45, 7) is 0.584. The average Bonchev–Trinajstić information content (AvgIpc) is 3.14. The lowest BCUT2D eigenvalue weighted by atomic mass is 10.3. The van der Waals surface area contributed by atoms with Crippen molar-refractivity contribution in [2.24, 2.45) is 5.10 Å². The van der Waals surface area contributed by atoms with Crippen molar-refractivity contribution in [3.8, 4) is 0 Å². The van der Waals surface area contributed by atoms with Gasteiger partial charge in [0.1, 0.15) is 0 Å². The summed E-state index contributed by atoms with van der Waals surface area (Å²) in [4.78, 5) is 17.1. The van der Waals surface area contributed by atoms with Crippen molar-refractivity contribution in [1.29, 1.82) is 0 Å². The van der Waals surface area contributed by atoms with Crippen LogP contribution in [0.15, 0.2) is 53.2 Å². The van der Waals surface area contributed by atoms with E-state index in [0.29, 0.717) is 13.0 Å². The number of rotatable bonds is 5. The summed E-state index contributed by atoms with van der Waals surface area (Å²) in [7, 11) is 0. The monoisotopic (exact) mass is 298 g/mol. The van der Waals surface area contributed by atoms with E-state index >= 15 is 0 Å². The fourth-order valence-corrected chi connectivity index (χ4v) is 2.58. The maximum Gasteiger partial charge on any atom is 0.241 e. The van der Waals surface area contributed by atoms with E-state index in [1.807, 2.05) is 46.3 Å².